The van der Waals surface area contributed by atoms with Gasteiger partial charge in [-0.25, -0.2) is 9.59 Å². The number of aliphatic hydroxyl groups is 4. The van der Waals surface area contributed by atoms with Crippen LogP contribution in [-0.4, -0.2) is 99.6 Å². The molecule has 7 aliphatic rings. The Balaban J connectivity index is 1.13. The first-order valence-corrected chi connectivity index (χ1v) is 13.9. The number of carbonyl (C=O) groups is 2. The molecule has 7 fully saturated rings. The van der Waals surface area contributed by atoms with E-state index in [1.165, 1.54) is 0 Å². The standard InChI is InChI=1S/C30H32O12/c1-27-14-29(36)19-12-30(27,28(19,26(41-27)42-29)15-38-24(35)17-10-6-3-7-11-17)40-25-22(33)21(32)20(31)18(39-25)13-37-23(34)16-8-4-2-5-9-16/h2-11,18-22,25-26,31-33,36H,12-15H2,1H3/t18-,19+,20+,21+,22-,25+,26-,27+,28+,29-,30+/m1/s1. The quantitative estimate of drug-likeness (QED) is 0.318. The Hall–Kier alpha value is -2.94. The van der Waals surface area contributed by atoms with Crippen molar-refractivity contribution in [2.24, 2.45) is 11.3 Å². The predicted octanol–water partition coefficient (Wildman–Crippen LogP) is 0.507. The lowest BCUT2D eigenvalue weighted by atomic mass is 9.41. The van der Waals surface area contributed by atoms with Crippen molar-refractivity contribution in [1.82, 2.24) is 0 Å². The SMILES string of the molecule is C[C@@]12C[C@@]3(O)O[C@@H](O1)[C@]1(COC(=O)c4ccccc4)[C@@H]3C[C@@]12O[C@@H]1O[C@H](COC(=O)c2ccccc2)[C@H](O)[C@H](O)[C@H]1O. The Morgan fingerprint density at radius 2 is 1.50 bits per heavy atom. The molecule has 4 N–H and O–H groups in total. The van der Waals surface area contributed by atoms with Gasteiger partial charge in [0.25, 0.3) is 0 Å². The molecule has 0 radical (unpaired) electrons. The minimum Gasteiger partial charge on any atom is -0.461 e. The highest BCUT2D eigenvalue weighted by Crippen LogP contribution is 2.81. The summed E-state index contributed by atoms with van der Waals surface area (Å²) >= 11 is 0. The highest BCUT2D eigenvalue weighted by atomic mass is 16.8. The smallest absolute Gasteiger partial charge is 0.338 e. The van der Waals surface area contributed by atoms with E-state index < -0.39 is 83.9 Å². The lowest BCUT2D eigenvalue weighted by Crippen LogP contribution is -2.80. The van der Waals surface area contributed by atoms with Gasteiger partial charge in [0.05, 0.1) is 16.5 Å². The first kappa shape index (κ1) is 27.9. The van der Waals surface area contributed by atoms with Crippen molar-refractivity contribution in [1.29, 1.82) is 0 Å². The Morgan fingerprint density at radius 3 is 2.14 bits per heavy atom. The van der Waals surface area contributed by atoms with Crippen LogP contribution in [0.4, 0.5) is 0 Å². The molecule has 0 unspecified atom stereocenters. The van der Waals surface area contributed by atoms with Gasteiger partial charge >= 0.3 is 11.9 Å². The summed E-state index contributed by atoms with van der Waals surface area (Å²) in [6.07, 6.45) is -8.34. The molecule has 11 atom stereocenters. The normalized spacial score (nSPS) is 44.5. The van der Waals surface area contributed by atoms with Gasteiger partial charge < -0.3 is 48.8 Å². The molecule has 4 saturated heterocycles. The van der Waals surface area contributed by atoms with Crippen LogP contribution in [0.15, 0.2) is 60.7 Å². The van der Waals surface area contributed by atoms with Gasteiger partial charge in [0.1, 0.15) is 48.8 Å². The van der Waals surface area contributed by atoms with Gasteiger partial charge in [-0.15, -0.1) is 0 Å². The van der Waals surface area contributed by atoms with E-state index in [1.807, 2.05) is 0 Å². The number of esters is 2. The van der Waals surface area contributed by atoms with Crippen LogP contribution in [0.1, 0.15) is 40.5 Å². The van der Waals surface area contributed by atoms with Crippen LogP contribution >= 0.6 is 0 Å². The molecule has 0 spiro atoms. The molecule has 42 heavy (non-hydrogen) atoms. The largest absolute Gasteiger partial charge is 0.461 e. The summed E-state index contributed by atoms with van der Waals surface area (Å²) < 4.78 is 35.7. The van der Waals surface area contributed by atoms with Crippen LogP contribution < -0.4 is 0 Å². The van der Waals surface area contributed by atoms with E-state index >= 15 is 0 Å². The number of hydrogen-bond acceptors (Lipinski definition) is 12. The summed E-state index contributed by atoms with van der Waals surface area (Å²) in [5.74, 6) is -3.25. The molecule has 6 bridgehead atoms. The van der Waals surface area contributed by atoms with E-state index in [2.05, 4.69) is 0 Å². The third-order valence-corrected chi connectivity index (χ3v) is 9.78. The van der Waals surface area contributed by atoms with E-state index in [0.717, 1.165) is 0 Å². The molecule has 2 aromatic rings. The summed E-state index contributed by atoms with van der Waals surface area (Å²) in [5, 5.41) is 43.6. The van der Waals surface area contributed by atoms with Crippen LogP contribution in [0, 0.1) is 11.3 Å². The van der Waals surface area contributed by atoms with Crippen molar-refractivity contribution in [3.63, 3.8) is 0 Å². The van der Waals surface area contributed by atoms with Crippen molar-refractivity contribution in [3.8, 4) is 0 Å². The van der Waals surface area contributed by atoms with Crippen molar-refractivity contribution in [3.05, 3.63) is 71.8 Å². The molecular weight excluding hydrogens is 552 g/mol. The number of carbonyl (C=O) groups excluding carboxylic acids is 2. The Morgan fingerprint density at radius 1 is 0.881 bits per heavy atom. The molecule has 224 valence electrons. The highest BCUT2D eigenvalue weighted by molar-refractivity contribution is 5.89. The molecule has 3 saturated carbocycles. The summed E-state index contributed by atoms with van der Waals surface area (Å²) in [4.78, 5) is 25.4. The Labute approximate surface area is 240 Å². The molecule has 0 amide bonds. The van der Waals surface area contributed by atoms with E-state index in [-0.39, 0.29) is 19.4 Å². The van der Waals surface area contributed by atoms with Gasteiger partial charge in [0, 0.05) is 12.3 Å². The zero-order chi connectivity index (χ0) is 29.5. The molecule has 12 heteroatoms. The van der Waals surface area contributed by atoms with E-state index in [4.69, 9.17) is 28.4 Å². The molecule has 3 aliphatic carbocycles. The topological polar surface area (TPSA) is 170 Å². The van der Waals surface area contributed by atoms with Gasteiger partial charge in [0.2, 0.25) is 0 Å². The Kier molecular flexibility index (Phi) is 6.32. The van der Waals surface area contributed by atoms with Gasteiger partial charge in [-0.1, -0.05) is 36.4 Å². The fourth-order valence-corrected chi connectivity index (χ4v) is 7.68. The molecule has 12 nitrogen and oxygen atoms in total. The first-order valence-electron chi connectivity index (χ1n) is 13.9. The summed E-state index contributed by atoms with van der Waals surface area (Å²) in [5.41, 5.74) is -2.88. The second-order valence-electron chi connectivity index (χ2n) is 12.0. The van der Waals surface area contributed by atoms with Crippen LogP contribution in [0.25, 0.3) is 0 Å². The van der Waals surface area contributed by atoms with Gasteiger partial charge in [0.15, 0.2) is 18.4 Å². The fourth-order valence-electron chi connectivity index (χ4n) is 7.68. The third-order valence-electron chi connectivity index (χ3n) is 9.78. The molecule has 9 rings (SSSR count). The minimum atomic E-state index is -1.69. The maximum Gasteiger partial charge on any atom is 0.338 e. The molecule has 2 aromatic carbocycles. The zero-order valence-electron chi connectivity index (χ0n) is 22.7. The number of hydrogen-bond donors (Lipinski definition) is 4. The minimum absolute atomic E-state index is 0.0572. The average Bonchev–Trinajstić information content (AvgIpc) is 3.18. The van der Waals surface area contributed by atoms with Gasteiger partial charge in [-0.2, -0.15) is 0 Å². The van der Waals surface area contributed by atoms with Gasteiger partial charge in [-0.05, 0) is 37.6 Å². The summed E-state index contributed by atoms with van der Waals surface area (Å²) in [6.45, 7) is 1.12. The van der Waals surface area contributed by atoms with Crippen LogP contribution in [0.5, 0.6) is 0 Å². The summed E-state index contributed by atoms with van der Waals surface area (Å²) in [7, 11) is 0. The molecular formula is C30H32O12. The highest BCUT2D eigenvalue weighted by Gasteiger charge is 2.94. The number of rotatable bonds is 8. The maximum atomic E-state index is 12.9. The van der Waals surface area contributed by atoms with E-state index in [9.17, 15) is 30.0 Å². The molecule has 4 aliphatic heterocycles. The molecule has 0 aromatic heterocycles. The Bertz CT molecular complexity index is 1370. The fraction of sp³-hybridized carbons (Fsp3) is 0.533. The maximum absolute atomic E-state index is 12.9. The van der Waals surface area contributed by atoms with Crippen LogP contribution in [0.3, 0.4) is 0 Å². The van der Waals surface area contributed by atoms with Crippen molar-refractivity contribution >= 4 is 11.9 Å². The summed E-state index contributed by atoms with van der Waals surface area (Å²) in [6, 6.07) is 16.7. The van der Waals surface area contributed by atoms with Crippen molar-refractivity contribution in [2.45, 2.75) is 73.8 Å². The predicted molar refractivity (Wildman–Crippen MR) is 138 cm³/mol. The number of benzene rings is 2. The second kappa shape index (κ2) is 9.53. The second-order valence-corrected chi connectivity index (χ2v) is 12.0. The zero-order valence-corrected chi connectivity index (χ0v) is 22.7. The van der Waals surface area contributed by atoms with Crippen LogP contribution in [0.2, 0.25) is 0 Å². The lowest BCUT2D eigenvalue weighted by Gasteiger charge is -2.67. The third kappa shape index (κ3) is 3.70. The van der Waals surface area contributed by atoms with E-state index in [1.54, 1.807) is 67.6 Å². The number of aliphatic hydroxyl groups excluding tert-OH is 3. The van der Waals surface area contributed by atoms with Crippen molar-refractivity contribution in [2.75, 3.05) is 13.2 Å². The molecule has 4 heterocycles. The monoisotopic (exact) mass is 584 g/mol. The van der Waals surface area contributed by atoms with Crippen molar-refractivity contribution < 1.29 is 58.4 Å². The lowest BCUT2D eigenvalue weighted by molar-refractivity contribution is -0.424. The van der Waals surface area contributed by atoms with Gasteiger partial charge in [-0.3, -0.25) is 0 Å². The van der Waals surface area contributed by atoms with E-state index in [0.29, 0.717) is 11.1 Å². The number of ether oxygens (including phenoxy) is 6. The van der Waals surface area contributed by atoms with Crippen LogP contribution in [-0.2, 0) is 28.4 Å². The first-order chi connectivity index (χ1) is 20.0. The average molecular weight is 585 g/mol.